The number of carboxylic acid groups (broad SMARTS) is 1. The Labute approximate surface area is 249 Å². The first-order valence-corrected chi connectivity index (χ1v) is 14.7. The molecule has 4 saturated carbocycles. The molecule has 2 bridgehead atoms. The van der Waals surface area contributed by atoms with Gasteiger partial charge < -0.3 is 35.1 Å². The number of carbonyl (C=O) groups excluding carboxylic acids is 5. The number of fused-ring (bicyclic) bond motifs is 2. The van der Waals surface area contributed by atoms with Crippen molar-refractivity contribution in [1.29, 1.82) is 0 Å². The summed E-state index contributed by atoms with van der Waals surface area (Å²) in [6, 6.07) is 0. The molecule has 4 N–H and O–H groups in total. The molecule has 10 atom stereocenters. The maximum atomic E-state index is 12.4. The summed E-state index contributed by atoms with van der Waals surface area (Å²) in [4.78, 5) is 71.8. The first kappa shape index (κ1) is 32.2. The standard InChI is InChI=1S/C15H21NO6.C15H19NO5/c1-3-8-7-15(8,14(21)22-4-2)16-12(18)10-5-9(17)6-11(10)13(19)20;1-3-8-7-15(8,14(19)20-4-2)16-12(17)10-5-9-6-11(10)13(18)21-9/h3,8-11,17H,1,4-7H2,2H3,(H,16,18)(H,19,20);3,8-11H,1,4-7H2,2H3,(H,16,17)/t8-,9-,10-,11-,15-;8-,9?,10?,11?,15-/m11/s1. The molecular weight excluding hydrogens is 564 g/mol. The van der Waals surface area contributed by atoms with Gasteiger partial charge in [0.2, 0.25) is 11.8 Å². The molecule has 0 aromatic rings. The van der Waals surface area contributed by atoms with Gasteiger partial charge >= 0.3 is 23.9 Å². The highest BCUT2D eigenvalue weighted by Gasteiger charge is 2.63. The lowest BCUT2D eigenvalue weighted by atomic mass is 9.94. The van der Waals surface area contributed by atoms with Crippen LogP contribution in [0.5, 0.6) is 0 Å². The van der Waals surface area contributed by atoms with Gasteiger partial charge in [0.25, 0.3) is 0 Å². The zero-order chi connectivity index (χ0) is 31.7. The Morgan fingerprint density at radius 2 is 1.35 bits per heavy atom. The van der Waals surface area contributed by atoms with Crippen molar-refractivity contribution in [2.45, 2.75) is 75.7 Å². The third-order valence-electron chi connectivity index (χ3n) is 9.20. The van der Waals surface area contributed by atoms with Crippen LogP contribution in [0.3, 0.4) is 0 Å². The fraction of sp³-hybridized carbons (Fsp3) is 0.667. The van der Waals surface area contributed by atoms with Crippen LogP contribution in [0.4, 0.5) is 0 Å². The Balaban J connectivity index is 0.000000197. The number of aliphatic hydroxyl groups excluding tert-OH is 1. The molecule has 13 heteroatoms. The quantitative estimate of drug-likeness (QED) is 0.147. The van der Waals surface area contributed by atoms with Gasteiger partial charge in [0.15, 0.2) is 0 Å². The molecule has 4 aliphatic carbocycles. The number of nitrogens with one attached hydrogen (secondary N) is 2. The highest BCUT2D eigenvalue weighted by atomic mass is 16.6. The van der Waals surface area contributed by atoms with E-state index in [-0.39, 0.29) is 61.8 Å². The third-order valence-corrected chi connectivity index (χ3v) is 9.20. The van der Waals surface area contributed by atoms with Gasteiger partial charge in [-0.3, -0.25) is 19.2 Å². The molecule has 236 valence electrons. The maximum absolute atomic E-state index is 12.4. The average Bonchev–Trinajstić information content (AvgIpc) is 3.66. The summed E-state index contributed by atoms with van der Waals surface area (Å²) in [6.45, 7) is 11.2. The van der Waals surface area contributed by atoms with E-state index in [9.17, 15) is 33.9 Å². The molecule has 1 saturated heterocycles. The molecule has 0 spiro atoms. The van der Waals surface area contributed by atoms with E-state index in [1.165, 1.54) is 0 Å². The maximum Gasteiger partial charge on any atom is 0.332 e. The van der Waals surface area contributed by atoms with E-state index in [1.807, 2.05) is 0 Å². The van der Waals surface area contributed by atoms with Crippen LogP contribution >= 0.6 is 0 Å². The minimum absolute atomic E-state index is 0.0463. The zero-order valence-corrected chi connectivity index (χ0v) is 24.4. The van der Waals surface area contributed by atoms with Crippen molar-refractivity contribution in [3.8, 4) is 0 Å². The number of carboxylic acids is 1. The van der Waals surface area contributed by atoms with Crippen molar-refractivity contribution in [3.05, 3.63) is 25.3 Å². The lowest BCUT2D eigenvalue weighted by Crippen LogP contribution is -2.49. The largest absolute Gasteiger partial charge is 0.481 e. The number of hydrogen-bond acceptors (Lipinski definition) is 10. The van der Waals surface area contributed by atoms with Crippen molar-refractivity contribution >= 4 is 35.7 Å². The van der Waals surface area contributed by atoms with Crippen LogP contribution in [0.1, 0.15) is 52.4 Å². The van der Waals surface area contributed by atoms with Crippen molar-refractivity contribution in [2.24, 2.45) is 35.5 Å². The van der Waals surface area contributed by atoms with Crippen LogP contribution < -0.4 is 10.6 Å². The fourth-order valence-electron chi connectivity index (χ4n) is 6.61. The Hall–Kier alpha value is -3.74. The SMILES string of the molecule is C=C[C@@H]1C[C@]1(NC(=O)C1CC2CC1C(=O)O2)C(=O)OCC.C=C[C@@H]1C[C@]1(NC(=O)[C@@H]1C[C@@H](O)C[C@H]1C(=O)O)C(=O)OCC. The molecule has 3 unspecified atom stereocenters. The summed E-state index contributed by atoms with van der Waals surface area (Å²) < 4.78 is 15.1. The van der Waals surface area contributed by atoms with E-state index < -0.39 is 58.8 Å². The zero-order valence-electron chi connectivity index (χ0n) is 24.4. The minimum atomic E-state index is -1.13. The number of ether oxygens (including phenoxy) is 3. The van der Waals surface area contributed by atoms with Gasteiger partial charge in [0.1, 0.15) is 17.2 Å². The predicted octanol–water partition coefficient (Wildman–Crippen LogP) is 0.644. The van der Waals surface area contributed by atoms with E-state index in [2.05, 4.69) is 23.8 Å². The van der Waals surface area contributed by atoms with Gasteiger partial charge in [-0.05, 0) is 52.4 Å². The summed E-state index contributed by atoms with van der Waals surface area (Å²) in [6.07, 6.45) is 4.46. The lowest BCUT2D eigenvalue weighted by molar-refractivity contribution is -0.155. The van der Waals surface area contributed by atoms with Crippen LogP contribution in [-0.4, -0.2) is 82.4 Å². The molecule has 0 aromatic heterocycles. The van der Waals surface area contributed by atoms with E-state index in [0.717, 1.165) is 0 Å². The summed E-state index contributed by atoms with van der Waals surface area (Å²) in [5.41, 5.74) is -2.12. The second-order valence-corrected chi connectivity index (χ2v) is 11.9. The number of hydrogen-bond donors (Lipinski definition) is 4. The first-order valence-electron chi connectivity index (χ1n) is 14.7. The van der Waals surface area contributed by atoms with Gasteiger partial charge in [-0.1, -0.05) is 12.2 Å². The number of carbonyl (C=O) groups is 6. The molecule has 0 aromatic carbocycles. The summed E-state index contributed by atoms with van der Waals surface area (Å²) >= 11 is 0. The van der Waals surface area contributed by atoms with Crippen LogP contribution in [0.25, 0.3) is 0 Å². The second kappa shape index (κ2) is 12.5. The van der Waals surface area contributed by atoms with Crippen molar-refractivity contribution in [2.75, 3.05) is 13.2 Å². The van der Waals surface area contributed by atoms with Gasteiger partial charge in [-0.15, -0.1) is 13.2 Å². The van der Waals surface area contributed by atoms with E-state index in [4.69, 9.17) is 19.3 Å². The summed E-state index contributed by atoms with van der Waals surface area (Å²) in [5, 5.41) is 24.2. The Kier molecular flexibility index (Phi) is 9.33. The minimum Gasteiger partial charge on any atom is -0.481 e. The number of amides is 2. The lowest BCUT2D eigenvalue weighted by Gasteiger charge is -2.24. The fourth-order valence-corrected chi connectivity index (χ4v) is 6.61. The normalized spacial score (nSPS) is 38.0. The Morgan fingerprint density at radius 3 is 1.74 bits per heavy atom. The molecule has 13 nitrogen and oxygen atoms in total. The molecule has 5 rings (SSSR count). The third kappa shape index (κ3) is 6.17. The first-order chi connectivity index (χ1) is 20.4. The topological polar surface area (TPSA) is 195 Å². The highest BCUT2D eigenvalue weighted by Crippen LogP contribution is 2.48. The molecule has 43 heavy (non-hydrogen) atoms. The van der Waals surface area contributed by atoms with Crippen molar-refractivity contribution in [3.63, 3.8) is 0 Å². The summed E-state index contributed by atoms with van der Waals surface area (Å²) in [5.74, 6) is -6.00. The molecule has 1 heterocycles. The molecule has 2 amide bonds. The molecule has 0 radical (unpaired) electrons. The van der Waals surface area contributed by atoms with Crippen LogP contribution in [-0.2, 0) is 43.0 Å². The number of rotatable bonds is 11. The highest BCUT2D eigenvalue weighted by molar-refractivity contribution is 5.95. The van der Waals surface area contributed by atoms with Crippen LogP contribution in [0.2, 0.25) is 0 Å². The van der Waals surface area contributed by atoms with Gasteiger partial charge in [-0.25, -0.2) is 9.59 Å². The number of esters is 3. The van der Waals surface area contributed by atoms with Gasteiger partial charge in [-0.2, -0.15) is 0 Å². The molecule has 5 aliphatic rings. The molecular formula is C30H40N2O11. The Bertz CT molecular complexity index is 1200. The van der Waals surface area contributed by atoms with Crippen molar-refractivity contribution < 1.29 is 53.2 Å². The van der Waals surface area contributed by atoms with Gasteiger partial charge in [0, 0.05) is 11.8 Å². The molecule has 5 fully saturated rings. The van der Waals surface area contributed by atoms with Crippen molar-refractivity contribution in [1.82, 2.24) is 10.6 Å². The summed E-state index contributed by atoms with van der Waals surface area (Å²) in [7, 11) is 0. The monoisotopic (exact) mass is 604 g/mol. The number of aliphatic hydroxyl groups is 1. The van der Waals surface area contributed by atoms with E-state index in [0.29, 0.717) is 25.7 Å². The average molecular weight is 605 g/mol. The smallest absolute Gasteiger partial charge is 0.332 e. The van der Waals surface area contributed by atoms with E-state index >= 15 is 0 Å². The van der Waals surface area contributed by atoms with Crippen LogP contribution in [0, 0.1) is 35.5 Å². The van der Waals surface area contributed by atoms with E-state index in [1.54, 1.807) is 26.0 Å². The van der Waals surface area contributed by atoms with Gasteiger partial charge in [0.05, 0.1) is 43.0 Å². The van der Waals surface area contributed by atoms with Crippen LogP contribution in [0.15, 0.2) is 25.3 Å². The number of aliphatic carboxylic acids is 1. The molecule has 1 aliphatic heterocycles. The second-order valence-electron chi connectivity index (χ2n) is 11.9. The predicted molar refractivity (Wildman–Crippen MR) is 148 cm³/mol. The Morgan fingerprint density at radius 1 is 0.860 bits per heavy atom.